The van der Waals surface area contributed by atoms with Crippen LogP contribution in [0.5, 0.6) is 5.75 Å². The molecule has 1 aromatic rings. The van der Waals surface area contributed by atoms with Crippen LogP contribution in [0.2, 0.25) is 0 Å². The molecule has 0 aliphatic carbocycles. The van der Waals surface area contributed by atoms with Crippen molar-refractivity contribution in [2.24, 2.45) is 0 Å². The molecule has 0 atom stereocenters. The van der Waals surface area contributed by atoms with Gasteiger partial charge in [-0.25, -0.2) is 0 Å². The summed E-state index contributed by atoms with van der Waals surface area (Å²) in [5.41, 5.74) is 0. The van der Waals surface area contributed by atoms with Crippen LogP contribution in [-0.2, 0) is 4.79 Å². The van der Waals surface area contributed by atoms with E-state index in [0.29, 0.717) is 19.7 Å². The zero-order valence-electron chi connectivity index (χ0n) is 12.3. The van der Waals surface area contributed by atoms with Gasteiger partial charge in [-0.2, -0.15) is 0 Å². The SMILES string of the molecule is CN(CCOc1ccc(Br)cc1)C(=O)CN1CCNCC1. The summed E-state index contributed by atoms with van der Waals surface area (Å²) in [5, 5.41) is 3.28. The molecule has 6 heteroatoms. The lowest BCUT2D eigenvalue weighted by molar-refractivity contribution is -0.131. The third-order valence-corrected chi connectivity index (χ3v) is 4.03. The molecule has 1 saturated heterocycles. The standard InChI is InChI=1S/C15H22BrN3O2/c1-18(15(20)12-19-8-6-17-7-9-19)10-11-21-14-4-2-13(16)3-5-14/h2-5,17H,6-12H2,1H3. The average Bonchev–Trinajstić information content (AvgIpc) is 2.50. The molecule has 0 aromatic heterocycles. The molecule has 5 nitrogen and oxygen atoms in total. The molecule has 0 radical (unpaired) electrons. The maximum Gasteiger partial charge on any atom is 0.236 e. The topological polar surface area (TPSA) is 44.8 Å². The summed E-state index contributed by atoms with van der Waals surface area (Å²) in [6.45, 7) is 5.40. The van der Waals surface area contributed by atoms with E-state index in [4.69, 9.17) is 4.74 Å². The number of likely N-dealkylation sites (N-methyl/N-ethyl adjacent to an activating group) is 1. The molecule has 1 aromatic carbocycles. The van der Waals surface area contributed by atoms with Gasteiger partial charge in [0.05, 0.1) is 13.1 Å². The highest BCUT2D eigenvalue weighted by Gasteiger charge is 2.16. The predicted octanol–water partition coefficient (Wildman–Crippen LogP) is 1.19. The lowest BCUT2D eigenvalue weighted by atomic mass is 10.3. The van der Waals surface area contributed by atoms with Gasteiger partial charge in [0.15, 0.2) is 0 Å². The third kappa shape index (κ3) is 5.65. The van der Waals surface area contributed by atoms with E-state index in [1.165, 1.54) is 0 Å². The summed E-state index contributed by atoms with van der Waals surface area (Å²) in [7, 11) is 1.83. The van der Waals surface area contributed by atoms with Gasteiger partial charge in [-0.05, 0) is 24.3 Å². The smallest absolute Gasteiger partial charge is 0.236 e. The summed E-state index contributed by atoms with van der Waals surface area (Å²) in [5.74, 6) is 0.970. The number of rotatable bonds is 6. The Kier molecular flexibility index (Phi) is 6.48. The van der Waals surface area contributed by atoms with E-state index < -0.39 is 0 Å². The lowest BCUT2D eigenvalue weighted by Gasteiger charge is -2.28. The van der Waals surface area contributed by atoms with Crippen LogP contribution in [0, 0.1) is 0 Å². The molecule has 0 saturated carbocycles. The summed E-state index contributed by atoms with van der Waals surface area (Å²) in [4.78, 5) is 16.0. The molecule has 116 valence electrons. The molecule has 1 N–H and O–H groups in total. The minimum atomic E-state index is 0.149. The fourth-order valence-corrected chi connectivity index (χ4v) is 2.40. The number of nitrogens with zero attached hydrogens (tertiary/aromatic N) is 2. The summed E-state index contributed by atoms with van der Waals surface area (Å²) in [6, 6.07) is 7.70. The highest BCUT2D eigenvalue weighted by atomic mass is 79.9. The molecule has 1 amide bonds. The van der Waals surface area contributed by atoms with Crippen LogP contribution in [0.1, 0.15) is 0 Å². The Morgan fingerprint density at radius 3 is 2.67 bits per heavy atom. The van der Waals surface area contributed by atoms with Crippen molar-refractivity contribution in [3.05, 3.63) is 28.7 Å². The van der Waals surface area contributed by atoms with Gasteiger partial charge in [-0.1, -0.05) is 15.9 Å². The van der Waals surface area contributed by atoms with E-state index >= 15 is 0 Å². The summed E-state index contributed by atoms with van der Waals surface area (Å²) >= 11 is 3.39. The Bertz CT molecular complexity index is 447. The molecule has 0 bridgehead atoms. The molecule has 1 heterocycles. The predicted molar refractivity (Wildman–Crippen MR) is 86.6 cm³/mol. The Morgan fingerprint density at radius 1 is 1.33 bits per heavy atom. The zero-order valence-corrected chi connectivity index (χ0v) is 13.9. The number of nitrogens with one attached hydrogen (secondary N) is 1. The molecule has 2 rings (SSSR count). The van der Waals surface area contributed by atoms with Gasteiger partial charge in [0.1, 0.15) is 12.4 Å². The van der Waals surface area contributed by atoms with E-state index in [2.05, 4.69) is 26.1 Å². The highest BCUT2D eigenvalue weighted by molar-refractivity contribution is 9.10. The van der Waals surface area contributed by atoms with Crippen molar-refractivity contribution in [3.63, 3.8) is 0 Å². The molecular formula is C15H22BrN3O2. The van der Waals surface area contributed by atoms with Gasteiger partial charge in [0, 0.05) is 37.7 Å². The van der Waals surface area contributed by atoms with Gasteiger partial charge in [-0.15, -0.1) is 0 Å². The Hall–Kier alpha value is -1.11. The minimum absolute atomic E-state index is 0.149. The number of hydrogen-bond donors (Lipinski definition) is 1. The molecule has 21 heavy (non-hydrogen) atoms. The van der Waals surface area contributed by atoms with Gasteiger partial charge in [-0.3, -0.25) is 9.69 Å². The normalized spacial score (nSPS) is 15.7. The van der Waals surface area contributed by atoms with E-state index in [-0.39, 0.29) is 5.91 Å². The quantitative estimate of drug-likeness (QED) is 0.832. The lowest BCUT2D eigenvalue weighted by Crippen LogP contribution is -2.48. The van der Waals surface area contributed by atoms with Crippen molar-refractivity contribution >= 4 is 21.8 Å². The van der Waals surface area contributed by atoms with Crippen molar-refractivity contribution in [2.45, 2.75) is 0 Å². The second kappa shape index (κ2) is 8.36. The molecular weight excluding hydrogens is 334 g/mol. The first-order valence-electron chi connectivity index (χ1n) is 7.20. The second-order valence-electron chi connectivity index (χ2n) is 5.14. The number of hydrogen-bond acceptors (Lipinski definition) is 4. The first kappa shape index (κ1) is 16.3. The number of amides is 1. The number of piperazine rings is 1. The fraction of sp³-hybridized carbons (Fsp3) is 0.533. The van der Waals surface area contributed by atoms with Crippen LogP contribution in [0.4, 0.5) is 0 Å². The van der Waals surface area contributed by atoms with E-state index in [0.717, 1.165) is 36.4 Å². The molecule has 1 aliphatic heterocycles. The first-order valence-corrected chi connectivity index (χ1v) is 8.00. The van der Waals surface area contributed by atoms with E-state index in [1.54, 1.807) is 4.90 Å². The molecule has 1 aliphatic rings. The van der Waals surface area contributed by atoms with Crippen molar-refractivity contribution in [3.8, 4) is 5.75 Å². The highest BCUT2D eigenvalue weighted by Crippen LogP contribution is 2.15. The number of benzene rings is 1. The Balaban J connectivity index is 1.67. The van der Waals surface area contributed by atoms with Crippen LogP contribution < -0.4 is 10.1 Å². The van der Waals surface area contributed by atoms with Crippen LogP contribution in [0.3, 0.4) is 0 Å². The first-order chi connectivity index (χ1) is 10.1. The van der Waals surface area contributed by atoms with E-state index in [1.807, 2.05) is 31.3 Å². The fourth-order valence-electron chi connectivity index (χ4n) is 2.14. The van der Waals surface area contributed by atoms with Crippen molar-refractivity contribution in [1.29, 1.82) is 0 Å². The Morgan fingerprint density at radius 2 is 2.00 bits per heavy atom. The zero-order chi connectivity index (χ0) is 15.1. The van der Waals surface area contributed by atoms with Gasteiger partial charge in [0.25, 0.3) is 0 Å². The largest absolute Gasteiger partial charge is 0.492 e. The number of ether oxygens (including phenoxy) is 1. The molecule has 0 spiro atoms. The van der Waals surface area contributed by atoms with Crippen LogP contribution >= 0.6 is 15.9 Å². The van der Waals surface area contributed by atoms with Crippen LogP contribution in [-0.4, -0.2) is 68.6 Å². The third-order valence-electron chi connectivity index (χ3n) is 3.50. The number of carbonyl (C=O) groups is 1. The summed E-state index contributed by atoms with van der Waals surface area (Å²) in [6.07, 6.45) is 0. The van der Waals surface area contributed by atoms with E-state index in [9.17, 15) is 4.79 Å². The number of halogens is 1. The maximum absolute atomic E-state index is 12.1. The minimum Gasteiger partial charge on any atom is -0.492 e. The molecule has 0 unspecified atom stereocenters. The van der Waals surface area contributed by atoms with Crippen molar-refractivity contribution in [1.82, 2.24) is 15.1 Å². The van der Waals surface area contributed by atoms with Crippen molar-refractivity contribution < 1.29 is 9.53 Å². The Labute approximate surface area is 134 Å². The van der Waals surface area contributed by atoms with Crippen molar-refractivity contribution in [2.75, 3.05) is 52.9 Å². The monoisotopic (exact) mass is 355 g/mol. The van der Waals surface area contributed by atoms with Crippen LogP contribution in [0.15, 0.2) is 28.7 Å². The second-order valence-corrected chi connectivity index (χ2v) is 6.06. The van der Waals surface area contributed by atoms with Gasteiger partial charge >= 0.3 is 0 Å². The van der Waals surface area contributed by atoms with Crippen LogP contribution in [0.25, 0.3) is 0 Å². The molecule has 1 fully saturated rings. The number of carbonyl (C=O) groups excluding carboxylic acids is 1. The average molecular weight is 356 g/mol. The summed E-state index contributed by atoms with van der Waals surface area (Å²) < 4.78 is 6.66. The van der Waals surface area contributed by atoms with Gasteiger partial charge in [0.2, 0.25) is 5.91 Å². The maximum atomic E-state index is 12.1. The van der Waals surface area contributed by atoms with Gasteiger partial charge < -0.3 is 15.0 Å².